The molecular formula is C16H20N4O4. The van der Waals surface area contributed by atoms with E-state index in [9.17, 15) is 9.59 Å². The number of furan rings is 1. The molecule has 1 amide bonds. The number of carbonyl (C=O) groups excluding carboxylic acids is 2. The van der Waals surface area contributed by atoms with Gasteiger partial charge in [-0.15, -0.1) is 0 Å². The van der Waals surface area contributed by atoms with Crippen LogP contribution in [0.2, 0.25) is 0 Å². The summed E-state index contributed by atoms with van der Waals surface area (Å²) in [6.07, 6.45) is 6.19. The first-order valence-electron chi connectivity index (χ1n) is 8.24. The normalized spacial score (nSPS) is 28.7. The third-order valence-electron chi connectivity index (χ3n) is 5.02. The molecule has 1 saturated carbocycles. The molecule has 4 rings (SSSR count). The van der Waals surface area contributed by atoms with Crippen LogP contribution in [0.1, 0.15) is 42.0 Å². The van der Waals surface area contributed by atoms with Crippen molar-refractivity contribution in [3.05, 3.63) is 23.7 Å². The van der Waals surface area contributed by atoms with Gasteiger partial charge >= 0.3 is 5.97 Å². The number of nitrogens with zero attached hydrogens (tertiary/aromatic N) is 3. The maximum Gasteiger partial charge on any atom is 0.373 e. The highest BCUT2D eigenvalue weighted by Crippen LogP contribution is 2.35. The van der Waals surface area contributed by atoms with Gasteiger partial charge in [-0.05, 0) is 25.0 Å². The molecule has 0 bridgehead atoms. The van der Waals surface area contributed by atoms with Crippen molar-refractivity contribution < 1.29 is 18.7 Å². The molecule has 3 heterocycles. The number of hydrogen-bond acceptors (Lipinski definition) is 7. The first-order chi connectivity index (χ1) is 11.7. The Morgan fingerprint density at radius 1 is 1.42 bits per heavy atom. The van der Waals surface area contributed by atoms with Gasteiger partial charge in [0.1, 0.15) is 24.7 Å². The summed E-state index contributed by atoms with van der Waals surface area (Å²) in [4.78, 5) is 24.3. The van der Waals surface area contributed by atoms with E-state index < -0.39 is 5.97 Å². The molecule has 3 atom stereocenters. The Labute approximate surface area is 139 Å². The Kier molecular flexibility index (Phi) is 3.76. The van der Waals surface area contributed by atoms with Crippen LogP contribution in [-0.4, -0.2) is 47.4 Å². The third kappa shape index (κ3) is 2.47. The van der Waals surface area contributed by atoms with Crippen LogP contribution in [0, 0.1) is 5.92 Å². The van der Waals surface area contributed by atoms with E-state index in [1.165, 1.54) is 18.5 Å². The molecule has 2 fully saturated rings. The lowest BCUT2D eigenvalue weighted by Crippen LogP contribution is -2.51. The van der Waals surface area contributed by atoms with Crippen LogP contribution >= 0.6 is 0 Å². The first-order valence-corrected chi connectivity index (χ1v) is 8.24. The monoisotopic (exact) mass is 332 g/mol. The Bertz CT molecular complexity index is 685. The minimum absolute atomic E-state index is 0.0320. The summed E-state index contributed by atoms with van der Waals surface area (Å²) < 4.78 is 10.1. The van der Waals surface area contributed by atoms with Gasteiger partial charge in [-0.1, -0.05) is 12.8 Å². The van der Waals surface area contributed by atoms with Crippen molar-refractivity contribution in [2.75, 3.05) is 7.11 Å². The molecule has 1 N–H and O–H groups in total. The van der Waals surface area contributed by atoms with E-state index in [1.54, 1.807) is 18.5 Å². The van der Waals surface area contributed by atoms with Gasteiger partial charge in [0.25, 0.3) is 5.91 Å². The van der Waals surface area contributed by atoms with Crippen molar-refractivity contribution in [2.24, 2.45) is 11.0 Å². The van der Waals surface area contributed by atoms with Crippen LogP contribution in [0.25, 0.3) is 0 Å². The van der Waals surface area contributed by atoms with Crippen LogP contribution in [0.5, 0.6) is 0 Å². The average Bonchev–Trinajstić information content (AvgIpc) is 3.21. The second kappa shape index (κ2) is 5.94. The van der Waals surface area contributed by atoms with Gasteiger partial charge in [0, 0.05) is 12.0 Å². The highest BCUT2D eigenvalue weighted by atomic mass is 16.5. The van der Waals surface area contributed by atoms with Crippen LogP contribution in [0.3, 0.4) is 0 Å². The molecule has 0 aromatic carbocycles. The maximum atomic E-state index is 12.9. The zero-order chi connectivity index (χ0) is 16.7. The second-order valence-electron chi connectivity index (χ2n) is 6.42. The highest BCUT2D eigenvalue weighted by molar-refractivity contribution is 5.88. The van der Waals surface area contributed by atoms with Gasteiger partial charge in [0.05, 0.1) is 7.11 Å². The lowest BCUT2D eigenvalue weighted by molar-refractivity contribution is -0.138. The lowest BCUT2D eigenvalue weighted by Gasteiger charge is -2.32. The molecule has 128 valence electrons. The van der Waals surface area contributed by atoms with Gasteiger partial charge in [0.2, 0.25) is 5.76 Å². The Hall–Kier alpha value is -2.35. The van der Waals surface area contributed by atoms with Gasteiger partial charge in [0.15, 0.2) is 0 Å². The molecule has 2 aliphatic heterocycles. The summed E-state index contributed by atoms with van der Waals surface area (Å²) in [7, 11) is 1.30. The fourth-order valence-electron chi connectivity index (χ4n) is 3.85. The first kappa shape index (κ1) is 15.2. The number of esters is 1. The topological polar surface area (TPSA) is 87.4 Å². The Morgan fingerprint density at radius 2 is 2.25 bits per heavy atom. The molecule has 1 aliphatic carbocycles. The van der Waals surface area contributed by atoms with E-state index in [-0.39, 0.29) is 24.3 Å². The Morgan fingerprint density at radius 3 is 3.08 bits per heavy atom. The van der Waals surface area contributed by atoms with E-state index in [2.05, 4.69) is 15.3 Å². The van der Waals surface area contributed by atoms with Gasteiger partial charge in [-0.3, -0.25) is 9.80 Å². The van der Waals surface area contributed by atoms with Gasteiger partial charge < -0.3 is 9.15 Å². The van der Waals surface area contributed by atoms with E-state index in [1.807, 2.05) is 5.01 Å². The summed E-state index contributed by atoms with van der Waals surface area (Å²) in [6.45, 7) is 0.202. The van der Waals surface area contributed by atoms with Crippen molar-refractivity contribution in [3.8, 4) is 0 Å². The Balaban J connectivity index is 1.49. The predicted octanol–water partition coefficient (Wildman–Crippen LogP) is 1.10. The highest BCUT2D eigenvalue weighted by Gasteiger charge is 2.48. The summed E-state index contributed by atoms with van der Waals surface area (Å²) in [5.41, 5.74) is 3.39. The molecule has 1 saturated heterocycles. The zero-order valence-corrected chi connectivity index (χ0v) is 13.5. The SMILES string of the molecule is COC(=O)c1ccc(CN2N=CN3NC4CCCCC4C3C2=O)o1. The minimum atomic E-state index is -0.536. The number of hydrazone groups is 1. The predicted molar refractivity (Wildman–Crippen MR) is 83.6 cm³/mol. The quantitative estimate of drug-likeness (QED) is 0.834. The lowest BCUT2D eigenvalue weighted by atomic mass is 9.81. The van der Waals surface area contributed by atoms with Crippen molar-refractivity contribution >= 4 is 18.2 Å². The number of carbonyl (C=O) groups is 2. The smallest absolute Gasteiger partial charge is 0.373 e. The molecule has 24 heavy (non-hydrogen) atoms. The molecule has 8 nitrogen and oxygen atoms in total. The number of rotatable bonds is 3. The van der Waals surface area contributed by atoms with Crippen LogP contribution in [0.4, 0.5) is 0 Å². The molecule has 0 spiro atoms. The standard InChI is InChI=1S/C16H20N4O4/c1-23-16(22)13-7-6-10(24-13)8-19-15(21)14-11-4-2-3-5-12(11)18-20(14)9-17-19/h6-7,9,11-12,14,18H,2-5,8H2,1H3. The van der Waals surface area contributed by atoms with E-state index >= 15 is 0 Å². The van der Waals surface area contributed by atoms with Crippen molar-refractivity contribution in [2.45, 2.75) is 44.3 Å². The molecular weight excluding hydrogens is 312 g/mol. The summed E-state index contributed by atoms with van der Waals surface area (Å²) in [5, 5.41) is 7.49. The fourth-order valence-corrected chi connectivity index (χ4v) is 3.85. The van der Waals surface area contributed by atoms with E-state index in [4.69, 9.17) is 4.42 Å². The van der Waals surface area contributed by atoms with Crippen molar-refractivity contribution in [3.63, 3.8) is 0 Å². The zero-order valence-electron chi connectivity index (χ0n) is 13.5. The van der Waals surface area contributed by atoms with Crippen LogP contribution in [0.15, 0.2) is 21.7 Å². The maximum absolute atomic E-state index is 12.9. The van der Waals surface area contributed by atoms with Gasteiger partial charge in [-0.25, -0.2) is 15.2 Å². The average molecular weight is 332 g/mol. The molecule has 3 aliphatic rings. The van der Waals surface area contributed by atoms with E-state index in [0.29, 0.717) is 17.7 Å². The molecule has 1 aromatic rings. The minimum Gasteiger partial charge on any atom is -0.463 e. The van der Waals surface area contributed by atoms with Crippen molar-refractivity contribution in [1.29, 1.82) is 0 Å². The number of hydrazine groups is 1. The number of ether oxygens (including phenoxy) is 1. The second-order valence-corrected chi connectivity index (χ2v) is 6.42. The molecule has 0 radical (unpaired) electrons. The van der Waals surface area contributed by atoms with E-state index in [0.717, 1.165) is 19.3 Å². The number of nitrogens with one attached hydrogen (secondary N) is 1. The third-order valence-corrected chi connectivity index (χ3v) is 5.02. The largest absolute Gasteiger partial charge is 0.463 e. The summed E-state index contributed by atoms with van der Waals surface area (Å²) in [5.74, 6) is 0.377. The van der Waals surface area contributed by atoms with Crippen molar-refractivity contribution in [1.82, 2.24) is 15.4 Å². The number of methoxy groups -OCH3 is 1. The number of amides is 1. The summed E-state index contributed by atoms with van der Waals surface area (Å²) >= 11 is 0. The van der Waals surface area contributed by atoms with Crippen LogP contribution < -0.4 is 5.43 Å². The molecule has 8 heteroatoms. The fraction of sp³-hybridized carbons (Fsp3) is 0.562. The number of fused-ring (bicyclic) bond motifs is 3. The summed E-state index contributed by atoms with van der Waals surface area (Å²) in [6, 6.07) is 3.36. The van der Waals surface area contributed by atoms with Gasteiger partial charge in [-0.2, -0.15) is 5.10 Å². The number of hydrogen-bond donors (Lipinski definition) is 1. The molecule has 1 aromatic heterocycles. The van der Waals surface area contributed by atoms with Crippen LogP contribution in [-0.2, 0) is 16.1 Å². The molecule has 3 unspecified atom stereocenters.